The Bertz CT molecular complexity index is 1320. The zero-order chi connectivity index (χ0) is 26.4. The van der Waals surface area contributed by atoms with Gasteiger partial charge in [-0.1, -0.05) is 13.0 Å². The molecule has 37 heavy (non-hydrogen) atoms. The molecule has 3 aromatic rings. The third-order valence-electron chi connectivity index (χ3n) is 6.81. The molecule has 1 atom stereocenters. The fourth-order valence-electron chi connectivity index (χ4n) is 4.42. The normalized spacial score (nSPS) is 19.0. The van der Waals surface area contributed by atoms with Crippen molar-refractivity contribution in [3.8, 4) is 11.6 Å². The Morgan fingerprint density at radius 3 is 2.54 bits per heavy atom. The molecule has 5 heterocycles. The number of nitrogens with one attached hydrogen (secondary N) is 1. The molecule has 13 heteroatoms. The highest BCUT2D eigenvalue weighted by Crippen LogP contribution is 2.44. The summed E-state index contributed by atoms with van der Waals surface area (Å²) >= 11 is 0. The predicted octanol–water partition coefficient (Wildman–Crippen LogP) is 3.98. The number of carbonyl (C=O) groups excluding carboxylic acids is 1. The van der Waals surface area contributed by atoms with Crippen molar-refractivity contribution in [1.82, 2.24) is 24.9 Å². The molecular formula is C24H25F3N8O2. The first-order valence-corrected chi connectivity index (χ1v) is 11.8. The lowest BCUT2D eigenvalue weighted by molar-refractivity contribution is -0.145. The Balaban J connectivity index is 1.29. The van der Waals surface area contributed by atoms with E-state index in [4.69, 9.17) is 9.72 Å². The minimum absolute atomic E-state index is 0.0403. The summed E-state index contributed by atoms with van der Waals surface area (Å²) < 4.78 is 43.3. The number of anilines is 3. The highest BCUT2D eigenvalue weighted by molar-refractivity contribution is 6.08. The van der Waals surface area contributed by atoms with Gasteiger partial charge >= 0.3 is 6.18 Å². The summed E-state index contributed by atoms with van der Waals surface area (Å²) in [6.07, 6.45) is 1.11. The summed E-state index contributed by atoms with van der Waals surface area (Å²) in [6.45, 7) is 4.98. The van der Waals surface area contributed by atoms with Crippen LogP contribution in [0.15, 0.2) is 30.7 Å². The van der Waals surface area contributed by atoms with Crippen LogP contribution in [0.4, 0.5) is 30.6 Å². The lowest BCUT2D eigenvalue weighted by atomic mass is 9.90. The molecule has 0 saturated heterocycles. The number of aromatic nitrogens is 5. The number of aryl methyl sites for hydroxylation is 1. The molecule has 0 bridgehead atoms. The number of hydrogen-bond donors (Lipinski definition) is 1. The van der Waals surface area contributed by atoms with E-state index < -0.39 is 17.5 Å². The van der Waals surface area contributed by atoms with Crippen molar-refractivity contribution in [1.29, 1.82) is 0 Å². The molecule has 2 aliphatic heterocycles. The van der Waals surface area contributed by atoms with Crippen molar-refractivity contribution in [2.45, 2.75) is 51.4 Å². The molecule has 0 spiro atoms. The first-order chi connectivity index (χ1) is 17.6. The molecule has 10 nitrogen and oxygen atoms in total. The molecule has 5 rings (SSSR count). The lowest BCUT2D eigenvalue weighted by Crippen LogP contribution is -2.61. The number of halogens is 3. The topological polar surface area (TPSA) is 109 Å². The number of ether oxygens (including phenoxy) is 1. The van der Waals surface area contributed by atoms with Crippen LogP contribution in [0, 0.1) is 0 Å². The highest BCUT2D eigenvalue weighted by Gasteiger charge is 2.48. The van der Waals surface area contributed by atoms with Crippen LogP contribution < -0.4 is 19.9 Å². The summed E-state index contributed by atoms with van der Waals surface area (Å²) in [6, 6.07) is 3.36. The van der Waals surface area contributed by atoms with Crippen molar-refractivity contribution in [2.75, 3.05) is 28.7 Å². The van der Waals surface area contributed by atoms with Crippen LogP contribution in [0.2, 0.25) is 0 Å². The van der Waals surface area contributed by atoms with Gasteiger partial charge in [0.1, 0.15) is 11.2 Å². The van der Waals surface area contributed by atoms with Gasteiger partial charge < -0.3 is 19.9 Å². The number of rotatable bonds is 6. The maximum absolute atomic E-state index is 13.2. The SMILES string of the molecule is CC[C@@]1(C)C(=O)N2CCCc3nc(NCc4ccc(Oc5cnc(C(F)(F)F)nc5)nc4)nc(c32)N1C. The second kappa shape index (κ2) is 9.12. The third-order valence-corrected chi connectivity index (χ3v) is 6.81. The summed E-state index contributed by atoms with van der Waals surface area (Å²) in [5.74, 6) is 0.253. The van der Waals surface area contributed by atoms with E-state index in [-0.39, 0.29) is 17.5 Å². The van der Waals surface area contributed by atoms with Gasteiger partial charge in [-0.3, -0.25) is 4.79 Å². The average molecular weight is 515 g/mol. The first-order valence-electron chi connectivity index (χ1n) is 11.8. The predicted molar refractivity (Wildman–Crippen MR) is 128 cm³/mol. The van der Waals surface area contributed by atoms with Crippen LogP contribution in [0.5, 0.6) is 11.6 Å². The largest absolute Gasteiger partial charge is 0.451 e. The maximum atomic E-state index is 13.2. The molecule has 1 N–H and O–H groups in total. The Labute approximate surface area is 210 Å². The van der Waals surface area contributed by atoms with Gasteiger partial charge in [0.15, 0.2) is 11.6 Å². The number of likely N-dealkylation sites (N-methyl/N-ethyl adjacent to an activating group) is 1. The molecule has 2 aliphatic rings. The van der Waals surface area contributed by atoms with Crippen LogP contribution in [0.1, 0.15) is 43.8 Å². The third kappa shape index (κ3) is 4.49. The number of amides is 1. The van der Waals surface area contributed by atoms with Crippen molar-refractivity contribution in [3.63, 3.8) is 0 Å². The van der Waals surface area contributed by atoms with Crippen molar-refractivity contribution < 1.29 is 22.7 Å². The van der Waals surface area contributed by atoms with Crippen LogP contribution in [0.3, 0.4) is 0 Å². The molecule has 3 aromatic heterocycles. The number of hydrogen-bond acceptors (Lipinski definition) is 9. The fraction of sp³-hybridized carbons (Fsp3) is 0.417. The van der Waals surface area contributed by atoms with Crippen molar-refractivity contribution in [2.24, 2.45) is 0 Å². The van der Waals surface area contributed by atoms with E-state index in [0.29, 0.717) is 25.5 Å². The van der Waals surface area contributed by atoms with E-state index >= 15 is 0 Å². The fourth-order valence-corrected chi connectivity index (χ4v) is 4.42. The highest BCUT2D eigenvalue weighted by atomic mass is 19.4. The molecule has 0 fully saturated rings. The van der Waals surface area contributed by atoms with Gasteiger partial charge in [-0.2, -0.15) is 18.2 Å². The Kier molecular flexibility index (Phi) is 6.08. The molecule has 0 aromatic carbocycles. The summed E-state index contributed by atoms with van der Waals surface area (Å²) in [7, 11) is 1.89. The van der Waals surface area contributed by atoms with Crippen LogP contribution >= 0.6 is 0 Å². The molecule has 0 unspecified atom stereocenters. The Morgan fingerprint density at radius 1 is 1.14 bits per heavy atom. The second-order valence-electron chi connectivity index (χ2n) is 9.11. The Morgan fingerprint density at radius 2 is 1.89 bits per heavy atom. The smallest absolute Gasteiger partial charge is 0.436 e. The van der Waals surface area contributed by atoms with Crippen LogP contribution in [0.25, 0.3) is 0 Å². The minimum Gasteiger partial charge on any atom is -0.436 e. The van der Waals surface area contributed by atoms with Crippen LogP contribution in [-0.4, -0.2) is 50.0 Å². The molecule has 0 saturated carbocycles. The lowest BCUT2D eigenvalue weighted by Gasteiger charge is -2.48. The molecular weight excluding hydrogens is 489 g/mol. The van der Waals surface area contributed by atoms with Crippen molar-refractivity contribution >= 4 is 23.4 Å². The first kappa shape index (κ1) is 24.7. The number of nitrogens with zero attached hydrogens (tertiary/aromatic N) is 7. The zero-order valence-corrected chi connectivity index (χ0v) is 20.5. The van der Waals surface area contributed by atoms with Gasteiger partial charge in [0, 0.05) is 32.4 Å². The van der Waals surface area contributed by atoms with Gasteiger partial charge in [-0.25, -0.2) is 19.9 Å². The van der Waals surface area contributed by atoms with E-state index in [1.165, 1.54) is 0 Å². The zero-order valence-electron chi connectivity index (χ0n) is 20.5. The van der Waals surface area contributed by atoms with E-state index in [0.717, 1.165) is 48.0 Å². The molecule has 194 valence electrons. The Hall–Kier alpha value is -4.03. The van der Waals surface area contributed by atoms with Gasteiger partial charge in [0.25, 0.3) is 5.91 Å². The summed E-state index contributed by atoms with van der Waals surface area (Å²) in [5, 5.41) is 3.23. The standard InChI is InChI=1S/C24H25F3N8O2/c1-4-23(2)21(36)35-9-5-6-16-18(35)19(34(23)3)33-22(32-16)31-11-14-7-8-17(28-10-14)37-15-12-29-20(30-13-15)24(25,26)27/h7-8,10,12-13H,4-6,9,11H2,1-3H3,(H,31,32,33)/t23-/m0/s1. The number of carbonyl (C=O) groups is 1. The van der Waals surface area contributed by atoms with E-state index in [1.54, 1.807) is 18.3 Å². The van der Waals surface area contributed by atoms with Gasteiger partial charge in [-0.05, 0) is 31.7 Å². The van der Waals surface area contributed by atoms with Gasteiger partial charge in [-0.15, -0.1) is 0 Å². The quantitative estimate of drug-likeness (QED) is 0.522. The molecule has 1 amide bonds. The number of alkyl halides is 3. The van der Waals surface area contributed by atoms with E-state index in [2.05, 4.69) is 25.3 Å². The maximum Gasteiger partial charge on any atom is 0.451 e. The monoisotopic (exact) mass is 514 g/mol. The average Bonchev–Trinajstić information content (AvgIpc) is 2.89. The second-order valence-corrected chi connectivity index (χ2v) is 9.11. The summed E-state index contributed by atoms with van der Waals surface area (Å²) in [5.41, 5.74) is 1.78. The van der Waals surface area contributed by atoms with Gasteiger partial charge in [0.2, 0.25) is 17.7 Å². The number of pyridine rings is 1. The molecule has 0 radical (unpaired) electrons. The minimum atomic E-state index is -4.62. The van der Waals surface area contributed by atoms with E-state index in [1.807, 2.05) is 30.7 Å². The van der Waals surface area contributed by atoms with Crippen molar-refractivity contribution in [3.05, 3.63) is 47.8 Å². The van der Waals surface area contributed by atoms with E-state index in [9.17, 15) is 18.0 Å². The van der Waals surface area contributed by atoms with Gasteiger partial charge in [0.05, 0.1) is 18.1 Å². The van der Waals surface area contributed by atoms with Crippen LogP contribution in [-0.2, 0) is 23.9 Å². The summed E-state index contributed by atoms with van der Waals surface area (Å²) in [4.78, 5) is 37.1. The molecule has 0 aliphatic carbocycles.